The average Bonchev–Trinajstić information content (AvgIpc) is 2.45. The van der Waals surface area contributed by atoms with Crippen LogP contribution in [0.2, 0.25) is 0 Å². The van der Waals surface area contributed by atoms with Crippen LogP contribution in [-0.4, -0.2) is 20.9 Å². The van der Waals surface area contributed by atoms with Crippen LogP contribution in [0.15, 0.2) is 48.5 Å². The van der Waals surface area contributed by atoms with E-state index >= 15 is 0 Å². The highest BCUT2D eigenvalue weighted by molar-refractivity contribution is 6.08. The van der Waals surface area contributed by atoms with Gasteiger partial charge in [0.05, 0.1) is 16.1 Å². The van der Waals surface area contributed by atoms with Gasteiger partial charge in [-0.3, -0.25) is 14.9 Å². The maximum absolute atomic E-state index is 11.9. The van der Waals surface area contributed by atoms with Crippen molar-refractivity contribution in [2.75, 3.05) is 0 Å². The minimum absolute atomic E-state index is 0.00244. The molecule has 0 spiro atoms. The number of nitro groups is 1. The SMILES string of the molecule is O=C(/C=C/c1ccccc1[N+](=O)[O-])c1ccc(O)cc1O. The van der Waals surface area contributed by atoms with E-state index in [0.717, 1.165) is 12.1 Å². The van der Waals surface area contributed by atoms with Crippen molar-refractivity contribution in [2.45, 2.75) is 0 Å². The van der Waals surface area contributed by atoms with Gasteiger partial charge in [-0.15, -0.1) is 0 Å². The Morgan fingerprint density at radius 1 is 1.14 bits per heavy atom. The smallest absolute Gasteiger partial charge is 0.276 e. The number of aromatic hydroxyl groups is 2. The monoisotopic (exact) mass is 285 g/mol. The van der Waals surface area contributed by atoms with Gasteiger partial charge in [-0.1, -0.05) is 12.1 Å². The molecular weight excluding hydrogens is 274 g/mol. The number of carbonyl (C=O) groups is 1. The minimum atomic E-state index is -0.540. The summed E-state index contributed by atoms with van der Waals surface area (Å²) in [6.07, 6.45) is 2.45. The van der Waals surface area contributed by atoms with E-state index in [-0.39, 0.29) is 28.3 Å². The summed E-state index contributed by atoms with van der Waals surface area (Å²) in [5.74, 6) is -1.04. The van der Waals surface area contributed by atoms with E-state index in [4.69, 9.17) is 5.11 Å². The Bertz CT molecular complexity index is 737. The second-order valence-corrected chi connectivity index (χ2v) is 4.21. The zero-order valence-electron chi connectivity index (χ0n) is 10.8. The van der Waals surface area contributed by atoms with E-state index in [1.807, 2.05) is 0 Å². The van der Waals surface area contributed by atoms with E-state index < -0.39 is 10.7 Å². The van der Waals surface area contributed by atoms with Crippen molar-refractivity contribution in [1.29, 1.82) is 0 Å². The van der Waals surface area contributed by atoms with Crippen LogP contribution < -0.4 is 0 Å². The molecule has 0 aliphatic carbocycles. The maximum Gasteiger partial charge on any atom is 0.276 e. The van der Waals surface area contributed by atoms with Crippen LogP contribution in [0, 0.1) is 10.1 Å². The summed E-state index contributed by atoms with van der Waals surface area (Å²) >= 11 is 0. The lowest BCUT2D eigenvalue weighted by molar-refractivity contribution is -0.385. The number of phenols is 2. The first-order valence-electron chi connectivity index (χ1n) is 5.97. The summed E-state index contributed by atoms with van der Waals surface area (Å²) in [6.45, 7) is 0. The van der Waals surface area contributed by atoms with Crippen LogP contribution >= 0.6 is 0 Å². The number of allylic oxidation sites excluding steroid dienone is 1. The number of rotatable bonds is 4. The molecule has 21 heavy (non-hydrogen) atoms. The van der Waals surface area contributed by atoms with Crippen molar-refractivity contribution in [1.82, 2.24) is 0 Å². The lowest BCUT2D eigenvalue weighted by Crippen LogP contribution is -1.95. The molecule has 0 amide bonds. The van der Waals surface area contributed by atoms with Crippen molar-refractivity contribution in [3.63, 3.8) is 0 Å². The summed E-state index contributed by atoms with van der Waals surface area (Å²) in [7, 11) is 0. The lowest BCUT2D eigenvalue weighted by Gasteiger charge is -2.01. The van der Waals surface area contributed by atoms with Gasteiger partial charge in [-0.05, 0) is 30.4 Å². The normalized spacial score (nSPS) is 10.7. The predicted octanol–water partition coefficient (Wildman–Crippen LogP) is 2.90. The Morgan fingerprint density at radius 2 is 1.86 bits per heavy atom. The topological polar surface area (TPSA) is 101 Å². The van der Waals surface area contributed by atoms with Crippen LogP contribution in [0.1, 0.15) is 15.9 Å². The molecule has 0 bridgehead atoms. The van der Waals surface area contributed by atoms with Crippen molar-refractivity contribution in [3.05, 3.63) is 69.8 Å². The average molecular weight is 285 g/mol. The van der Waals surface area contributed by atoms with Gasteiger partial charge in [0.1, 0.15) is 11.5 Å². The van der Waals surface area contributed by atoms with E-state index in [9.17, 15) is 20.0 Å². The molecule has 0 unspecified atom stereocenters. The molecule has 6 nitrogen and oxygen atoms in total. The van der Waals surface area contributed by atoms with Crippen molar-refractivity contribution in [2.24, 2.45) is 0 Å². The summed E-state index contributed by atoms with van der Waals surface area (Å²) in [5, 5.41) is 29.6. The number of nitrogens with zero attached hydrogens (tertiary/aromatic N) is 1. The van der Waals surface area contributed by atoms with Crippen molar-refractivity contribution in [3.8, 4) is 11.5 Å². The number of hydrogen-bond acceptors (Lipinski definition) is 5. The highest BCUT2D eigenvalue weighted by Crippen LogP contribution is 2.24. The Hall–Kier alpha value is -3.15. The predicted molar refractivity (Wildman–Crippen MR) is 76.2 cm³/mol. The number of phenolic OH excluding ortho intramolecular Hbond substituents is 2. The van der Waals surface area contributed by atoms with Crippen LogP contribution in [0.5, 0.6) is 11.5 Å². The van der Waals surface area contributed by atoms with E-state index in [2.05, 4.69) is 0 Å². The fourth-order valence-corrected chi connectivity index (χ4v) is 1.78. The fraction of sp³-hybridized carbons (Fsp3) is 0. The first kappa shape index (κ1) is 14.3. The number of nitro benzene ring substituents is 1. The number of ketones is 1. The van der Waals surface area contributed by atoms with Gasteiger partial charge >= 0.3 is 0 Å². The van der Waals surface area contributed by atoms with E-state index in [0.29, 0.717) is 0 Å². The number of para-hydroxylation sites is 1. The molecular formula is C15H11NO5. The van der Waals surface area contributed by atoms with Gasteiger partial charge in [-0.25, -0.2) is 0 Å². The molecule has 0 aliphatic heterocycles. The third-order valence-corrected chi connectivity index (χ3v) is 2.79. The Morgan fingerprint density at radius 3 is 2.52 bits per heavy atom. The maximum atomic E-state index is 11.9. The second-order valence-electron chi connectivity index (χ2n) is 4.21. The molecule has 0 fully saturated rings. The van der Waals surface area contributed by atoms with Crippen LogP contribution in [0.25, 0.3) is 6.08 Å². The third-order valence-electron chi connectivity index (χ3n) is 2.79. The molecule has 0 atom stereocenters. The summed E-state index contributed by atoms with van der Waals surface area (Å²) < 4.78 is 0. The Balaban J connectivity index is 2.29. The highest BCUT2D eigenvalue weighted by atomic mass is 16.6. The largest absolute Gasteiger partial charge is 0.508 e. The van der Waals surface area contributed by atoms with Crippen LogP contribution in [0.3, 0.4) is 0 Å². The molecule has 0 radical (unpaired) electrons. The van der Waals surface area contributed by atoms with Gasteiger partial charge in [0.2, 0.25) is 0 Å². The van der Waals surface area contributed by atoms with Gasteiger partial charge in [-0.2, -0.15) is 0 Å². The first-order chi connectivity index (χ1) is 9.99. The molecule has 2 aromatic rings. The van der Waals surface area contributed by atoms with Crippen molar-refractivity contribution < 1.29 is 19.9 Å². The summed E-state index contributed by atoms with van der Waals surface area (Å²) in [5.41, 5.74) is 0.174. The quantitative estimate of drug-likeness (QED) is 0.389. The van der Waals surface area contributed by atoms with Gasteiger partial charge in [0.15, 0.2) is 5.78 Å². The highest BCUT2D eigenvalue weighted by Gasteiger charge is 2.12. The van der Waals surface area contributed by atoms with Crippen LogP contribution in [-0.2, 0) is 0 Å². The van der Waals surface area contributed by atoms with Gasteiger partial charge in [0.25, 0.3) is 5.69 Å². The number of hydrogen-bond donors (Lipinski definition) is 2. The van der Waals surface area contributed by atoms with E-state index in [1.165, 1.54) is 36.4 Å². The zero-order valence-corrected chi connectivity index (χ0v) is 10.8. The molecule has 0 saturated heterocycles. The molecule has 6 heteroatoms. The lowest BCUT2D eigenvalue weighted by atomic mass is 10.1. The molecule has 2 rings (SSSR count). The molecule has 0 aliphatic rings. The Labute approximate surface area is 119 Å². The molecule has 2 aromatic carbocycles. The molecule has 0 saturated carbocycles. The van der Waals surface area contributed by atoms with Gasteiger partial charge < -0.3 is 10.2 Å². The minimum Gasteiger partial charge on any atom is -0.508 e. The summed E-state index contributed by atoms with van der Waals surface area (Å²) in [6, 6.07) is 9.59. The number of carbonyl (C=O) groups excluding carboxylic acids is 1. The molecule has 2 N–H and O–H groups in total. The van der Waals surface area contributed by atoms with E-state index in [1.54, 1.807) is 6.07 Å². The molecule has 106 valence electrons. The van der Waals surface area contributed by atoms with Crippen LogP contribution in [0.4, 0.5) is 5.69 Å². The standard InChI is InChI=1S/C15H11NO5/c17-11-6-7-12(15(19)9-11)14(18)8-5-10-3-1-2-4-13(10)16(20)21/h1-9,17,19H/b8-5+. The third kappa shape index (κ3) is 3.24. The summed E-state index contributed by atoms with van der Waals surface area (Å²) in [4.78, 5) is 22.2. The van der Waals surface area contributed by atoms with Crippen molar-refractivity contribution >= 4 is 17.5 Å². The van der Waals surface area contributed by atoms with Gasteiger partial charge in [0, 0.05) is 12.1 Å². The first-order valence-corrected chi connectivity index (χ1v) is 5.97. The second kappa shape index (κ2) is 5.87. The molecule has 0 heterocycles. The Kier molecular flexibility index (Phi) is 3.99. The number of benzene rings is 2. The zero-order chi connectivity index (χ0) is 15.4. The fourth-order valence-electron chi connectivity index (χ4n) is 1.78. The molecule has 0 aromatic heterocycles.